The molecule has 1 atom stereocenters. The predicted molar refractivity (Wildman–Crippen MR) is 124 cm³/mol. The summed E-state index contributed by atoms with van der Waals surface area (Å²) in [7, 11) is 0. The highest BCUT2D eigenvalue weighted by molar-refractivity contribution is 6.23. The molecule has 0 saturated heterocycles. The molecule has 0 radical (unpaired) electrons. The van der Waals surface area contributed by atoms with Crippen molar-refractivity contribution in [1.29, 1.82) is 0 Å². The summed E-state index contributed by atoms with van der Waals surface area (Å²) in [6, 6.07) is 7.32. The van der Waals surface area contributed by atoms with Gasteiger partial charge in [-0.15, -0.1) is 0 Å². The molecule has 2 N–H and O–H groups in total. The van der Waals surface area contributed by atoms with Gasteiger partial charge in [-0.05, 0) is 30.7 Å². The SMILES string of the molecule is CCOC(=O)C1=C(N)OC2=C(C(=O)CC(C)(C)C2)[C@@]12C(=O)N(CCC(C)C)c1ccccc12. The summed E-state index contributed by atoms with van der Waals surface area (Å²) in [6.07, 6.45) is 1.45. The highest BCUT2D eigenvalue weighted by Gasteiger charge is 2.64. The molecule has 1 aromatic rings. The Labute approximate surface area is 194 Å². The molecule has 0 aromatic heterocycles. The molecule has 33 heavy (non-hydrogen) atoms. The van der Waals surface area contributed by atoms with Crippen molar-refractivity contribution >= 4 is 23.3 Å². The number of para-hydroxylation sites is 1. The lowest BCUT2D eigenvalue weighted by Gasteiger charge is -2.42. The van der Waals surface area contributed by atoms with Gasteiger partial charge in [0.1, 0.15) is 16.7 Å². The minimum Gasteiger partial charge on any atom is -0.462 e. The molecule has 1 amide bonds. The number of allylic oxidation sites excluding steroid dienone is 1. The third-order valence-electron chi connectivity index (χ3n) is 6.64. The van der Waals surface area contributed by atoms with E-state index in [4.69, 9.17) is 15.2 Å². The van der Waals surface area contributed by atoms with Gasteiger partial charge in [-0.3, -0.25) is 9.59 Å². The standard InChI is InChI=1S/C26H32N2O5/c1-6-32-23(30)21-22(27)33-19-14-25(4,5)13-18(29)20(19)26(21)16-9-7-8-10-17(16)28(24(26)31)12-11-15(2)3/h7-10,15H,6,11-14,27H2,1-5H3/t26-/m1/s1. The molecule has 7 heteroatoms. The van der Waals surface area contributed by atoms with E-state index >= 15 is 0 Å². The Balaban J connectivity index is 2.03. The number of carbonyl (C=O) groups is 3. The molecule has 0 bridgehead atoms. The zero-order valence-electron chi connectivity index (χ0n) is 20.0. The summed E-state index contributed by atoms with van der Waals surface area (Å²) in [4.78, 5) is 43.0. The molecular weight excluding hydrogens is 420 g/mol. The number of amides is 1. The zero-order chi connectivity index (χ0) is 24.1. The van der Waals surface area contributed by atoms with Gasteiger partial charge in [-0.2, -0.15) is 0 Å². The fraction of sp³-hybridized carbons (Fsp3) is 0.500. The maximum absolute atomic E-state index is 14.4. The fourth-order valence-corrected chi connectivity index (χ4v) is 5.27. The smallest absolute Gasteiger partial charge is 0.341 e. The molecule has 7 nitrogen and oxygen atoms in total. The van der Waals surface area contributed by atoms with Gasteiger partial charge in [0.25, 0.3) is 0 Å². The normalized spacial score (nSPS) is 23.8. The van der Waals surface area contributed by atoms with E-state index in [0.29, 0.717) is 35.9 Å². The number of nitrogens with two attached hydrogens (primary N) is 1. The number of Topliss-reactive ketones (excluding diaryl/α,β-unsaturated/α-hetero) is 1. The van der Waals surface area contributed by atoms with Crippen LogP contribution in [0.4, 0.5) is 5.69 Å². The number of carbonyl (C=O) groups excluding carboxylic acids is 3. The number of anilines is 1. The summed E-state index contributed by atoms with van der Waals surface area (Å²) in [5, 5.41) is 0. The van der Waals surface area contributed by atoms with E-state index in [9.17, 15) is 14.4 Å². The number of hydrogen-bond donors (Lipinski definition) is 1. The Bertz CT molecular complexity index is 1100. The first-order valence-corrected chi connectivity index (χ1v) is 11.6. The van der Waals surface area contributed by atoms with E-state index in [2.05, 4.69) is 13.8 Å². The van der Waals surface area contributed by atoms with E-state index in [0.717, 1.165) is 6.42 Å². The van der Waals surface area contributed by atoms with Crippen molar-refractivity contribution in [2.24, 2.45) is 17.1 Å². The summed E-state index contributed by atoms with van der Waals surface area (Å²) < 4.78 is 11.2. The van der Waals surface area contributed by atoms with Crippen molar-refractivity contribution in [3.63, 3.8) is 0 Å². The molecular formula is C26H32N2O5. The van der Waals surface area contributed by atoms with Crippen LogP contribution in [0.25, 0.3) is 0 Å². The van der Waals surface area contributed by atoms with Gasteiger partial charge in [0.2, 0.25) is 11.8 Å². The lowest BCUT2D eigenvalue weighted by Crippen LogP contribution is -2.52. The summed E-state index contributed by atoms with van der Waals surface area (Å²) in [5.41, 5.74) is 5.71. The number of esters is 1. The largest absolute Gasteiger partial charge is 0.462 e. The molecule has 4 rings (SSSR count). The quantitative estimate of drug-likeness (QED) is 0.684. The number of ether oxygens (including phenoxy) is 2. The highest BCUT2D eigenvalue weighted by atomic mass is 16.5. The summed E-state index contributed by atoms with van der Waals surface area (Å²) in [6.45, 7) is 10.4. The first-order valence-electron chi connectivity index (χ1n) is 11.6. The average Bonchev–Trinajstić information content (AvgIpc) is 2.94. The van der Waals surface area contributed by atoms with Crippen molar-refractivity contribution in [2.75, 3.05) is 18.1 Å². The van der Waals surface area contributed by atoms with Crippen LogP contribution in [0.5, 0.6) is 0 Å². The molecule has 0 fully saturated rings. The predicted octanol–water partition coefficient (Wildman–Crippen LogP) is 3.72. The van der Waals surface area contributed by atoms with Gasteiger partial charge in [0.05, 0.1) is 12.2 Å². The van der Waals surface area contributed by atoms with Crippen LogP contribution < -0.4 is 10.6 Å². The molecule has 3 aliphatic rings. The summed E-state index contributed by atoms with van der Waals surface area (Å²) >= 11 is 0. The second-order valence-electron chi connectivity index (χ2n) is 10.2. The summed E-state index contributed by atoms with van der Waals surface area (Å²) in [5.74, 6) is -0.730. The lowest BCUT2D eigenvalue weighted by atomic mass is 9.62. The van der Waals surface area contributed by atoms with Crippen molar-refractivity contribution in [2.45, 2.75) is 59.3 Å². The van der Waals surface area contributed by atoms with Crippen LogP contribution in [0.2, 0.25) is 0 Å². The van der Waals surface area contributed by atoms with Crippen molar-refractivity contribution in [3.8, 4) is 0 Å². The second-order valence-corrected chi connectivity index (χ2v) is 10.2. The molecule has 0 unspecified atom stereocenters. The Morgan fingerprint density at radius 3 is 2.58 bits per heavy atom. The van der Waals surface area contributed by atoms with E-state index < -0.39 is 11.4 Å². The minimum atomic E-state index is -1.66. The van der Waals surface area contributed by atoms with Crippen LogP contribution in [-0.2, 0) is 29.3 Å². The van der Waals surface area contributed by atoms with Gasteiger partial charge in [0, 0.05) is 30.6 Å². The zero-order valence-corrected chi connectivity index (χ0v) is 20.0. The maximum atomic E-state index is 14.4. The number of fused-ring (bicyclic) bond motifs is 3. The molecule has 1 spiro atoms. The molecule has 0 saturated carbocycles. The monoisotopic (exact) mass is 452 g/mol. The molecule has 2 heterocycles. The van der Waals surface area contributed by atoms with Gasteiger partial charge in [-0.25, -0.2) is 4.79 Å². The minimum absolute atomic E-state index is 0.0966. The van der Waals surface area contributed by atoms with Gasteiger partial charge in [-0.1, -0.05) is 45.9 Å². The molecule has 1 aromatic carbocycles. The number of nitrogens with zero attached hydrogens (tertiary/aromatic N) is 1. The van der Waals surface area contributed by atoms with E-state index in [1.165, 1.54) is 0 Å². The first kappa shape index (κ1) is 23.1. The highest BCUT2D eigenvalue weighted by Crippen LogP contribution is 2.57. The third kappa shape index (κ3) is 3.45. The van der Waals surface area contributed by atoms with Crippen molar-refractivity contribution in [3.05, 3.63) is 52.6 Å². The Morgan fingerprint density at radius 1 is 1.21 bits per heavy atom. The fourth-order valence-electron chi connectivity index (χ4n) is 5.27. The maximum Gasteiger partial charge on any atom is 0.341 e. The van der Waals surface area contributed by atoms with Crippen molar-refractivity contribution in [1.82, 2.24) is 0 Å². The van der Waals surface area contributed by atoms with Crippen LogP contribution in [0.3, 0.4) is 0 Å². The number of benzene rings is 1. The van der Waals surface area contributed by atoms with Gasteiger partial charge in [0.15, 0.2) is 5.78 Å². The van der Waals surface area contributed by atoms with Crippen LogP contribution in [0, 0.1) is 11.3 Å². The Hall–Kier alpha value is -3.09. The van der Waals surface area contributed by atoms with E-state index in [-0.39, 0.29) is 47.2 Å². The van der Waals surface area contributed by atoms with E-state index in [1.54, 1.807) is 17.9 Å². The van der Waals surface area contributed by atoms with Crippen LogP contribution in [0.1, 0.15) is 59.4 Å². The first-order chi connectivity index (χ1) is 15.5. The molecule has 176 valence electrons. The Morgan fingerprint density at radius 2 is 1.91 bits per heavy atom. The van der Waals surface area contributed by atoms with Crippen LogP contribution in [0.15, 0.2) is 47.1 Å². The van der Waals surface area contributed by atoms with Crippen LogP contribution >= 0.6 is 0 Å². The van der Waals surface area contributed by atoms with Crippen LogP contribution in [-0.4, -0.2) is 30.8 Å². The molecule has 2 aliphatic heterocycles. The topological polar surface area (TPSA) is 98.9 Å². The molecule has 1 aliphatic carbocycles. The van der Waals surface area contributed by atoms with Crippen molar-refractivity contribution < 1.29 is 23.9 Å². The lowest BCUT2D eigenvalue weighted by molar-refractivity contribution is -0.141. The Kier molecular flexibility index (Phi) is 5.63. The van der Waals surface area contributed by atoms with E-state index in [1.807, 2.05) is 32.0 Å². The average molecular weight is 453 g/mol. The second kappa shape index (κ2) is 8.04. The number of hydrogen-bond acceptors (Lipinski definition) is 6. The number of ketones is 1. The third-order valence-corrected chi connectivity index (χ3v) is 6.64. The van der Waals surface area contributed by atoms with Gasteiger partial charge >= 0.3 is 5.97 Å². The number of rotatable bonds is 5. The van der Waals surface area contributed by atoms with Gasteiger partial charge < -0.3 is 20.1 Å².